The zero-order chi connectivity index (χ0) is 16.3. The molecule has 0 radical (unpaired) electrons. The van der Waals surface area contributed by atoms with Crippen LogP contribution in [0, 0.1) is 5.41 Å². The maximum absolute atomic E-state index is 12.6. The zero-order valence-corrected chi connectivity index (χ0v) is 14.1. The molecule has 0 aromatic heterocycles. The Hall–Kier alpha value is -1.75. The third-order valence-corrected chi connectivity index (χ3v) is 5.31. The molecule has 0 unspecified atom stereocenters. The summed E-state index contributed by atoms with van der Waals surface area (Å²) in [5, 5.41) is 3.46. The third-order valence-electron chi connectivity index (χ3n) is 5.31. The highest BCUT2D eigenvalue weighted by Crippen LogP contribution is 2.37. The second-order valence-electron chi connectivity index (χ2n) is 6.67. The number of carbonyl (C=O) groups excluding carboxylic acids is 1. The van der Waals surface area contributed by atoms with E-state index in [1.807, 2.05) is 23.1 Å². The summed E-state index contributed by atoms with van der Waals surface area (Å²) in [6.45, 7) is 4.01. The lowest BCUT2D eigenvalue weighted by molar-refractivity contribution is -0.132. The van der Waals surface area contributed by atoms with Crippen LogP contribution < -0.4 is 14.8 Å². The maximum atomic E-state index is 12.6. The minimum absolute atomic E-state index is 0.207. The fourth-order valence-electron chi connectivity index (χ4n) is 3.73. The van der Waals surface area contributed by atoms with Gasteiger partial charge in [0.2, 0.25) is 5.91 Å². The molecule has 2 fully saturated rings. The molecule has 2 aliphatic heterocycles. The number of hydrogen-bond acceptors (Lipinski definition) is 4. The van der Waals surface area contributed by atoms with Gasteiger partial charge in [-0.15, -0.1) is 0 Å². The van der Waals surface area contributed by atoms with Crippen molar-refractivity contribution >= 4 is 5.91 Å². The standard InChI is InChI=1S/C18H26N2O3/c1-22-15-4-3-14(11-16(15)23-2)12-17(21)20-9-6-18(7-10-20)5-8-19-13-18/h3-4,11,19H,5-10,12-13H2,1-2H3. The van der Waals surface area contributed by atoms with Gasteiger partial charge in [-0.1, -0.05) is 6.07 Å². The van der Waals surface area contributed by atoms with Gasteiger partial charge in [0.15, 0.2) is 11.5 Å². The lowest BCUT2D eigenvalue weighted by atomic mass is 9.78. The van der Waals surface area contributed by atoms with Gasteiger partial charge < -0.3 is 19.7 Å². The van der Waals surface area contributed by atoms with Crippen LogP contribution in [0.15, 0.2) is 18.2 Å². The van der Waals surface area contributed by atoms with Gasteiger partial charge in [-0.25, -0.2) is 0 Å². The number of ether oxygens (including phenoxy) is 2. The van der Waals surface area contributed by atoms with Gasteiger partial charge in [-0.3, -0.25) is 4.79 Å². The molecule has 2 aliphatic rings. The highest BCUT2D eigenvalue weighted by Gasteiger charge is 2.37. The smallest absolute Gasteiger partial charge is 0.226 e. The summed E-state index contributed by atoms with van der Waals surface area (Å²) in [7, 11) is 3.23. The molecular formula is C18H26N2O3. The SMILES string of the molecule is COc1ccc(CC(=O)N2CCC3(CCNC3)CC2)cc1OC. The number of hydrogen-bond donors (Lipinski definition) is 1. The van der Waals surface area contributed by atoms with Crippen molar-refractivity contribution in [2.45, 2.75) is 25.7 Å². The predicted octanol–water partition coefficient (Wildman–Crippen LogP) is 1.85. The van der Waals surface area contributed by atoms with Crippen molar-refractivity contribution in [3.63, 3.8) is 0 Å². The van der Waals surface area contributed by atoms with E-state index in [1.165, 1.54) is 6.42 Å². The maximum Gasteiger partial charge on any atom is 0.226 e. The molecule has 0 aliphatic carbocycles. The van der Waals surface area contributed by atoms with Gasteiger partial charge in [0, 0.05) is 19.6 Å². The summed E-state index contributed by atoms with van der Waals surface area (Å²) in [5.41, 5.74) is 1.41. The number of nitrogens with zero attached hydrogens (tertiary/aromatic N) is 1. The van der Waals surface area contributed by atoms with Crippen molar-refractivity contribution in [1.82, 2.24) is 10.2 Å². The molecule has 2 saturated heterocycles. The Balaban J connectivity index is 1.59. The van der Waals surface area contributed by atoms with E-state index >= 15 is 0 Å². The first-order valence-electron chi connectivity index (χ1n) is 8.35. The second kappa shape index (κ2) is 6.79. The minimum atomic E-state index is 0.207. The number of nitrogens with one attached hydrogen (secondary N) is 1. The number of carbonyl (C=O) groups is 1. The van der Waals surface area contributed by atoms with Crippen LogP contribution in [0.5, 0.6) is 11.5 Å². The van der Waals surface area contributed by atoms with Crippen molar-refractivity contribution in [1.29, 1.82) is 0 Å². The van der Waals surface area contributed by atoms with Crippen molar-refractivity contribution in [2.75, 3.05) is 40.4 Å². The highest BCUT2D eigenvalue weighted by atomic mass is 16.5. The van der Waals surface area contributed by atoms with Crippen LogP contribution in [0.2, 0.25) is 0 Å². The molecule has 2 heterocycles. The number of benzene rings is 1. The molecule has 1 amide bonds. The van der Waals surface area contributed by atoms with E-state index in [4.69, 9.17) is 9.47 Å². The number of methoxy groups -OCH3 is 2. The van der Waals surface area contributed by atoms with Gasteiger partial charge in [-0.2, -0.15) is 0 Å². The largest absolute Gasteiger partial charge is 0.493 e. The first-order chi connectivity index (χ1) is 11.2. The molecule has 1 aromatic carbocycles. The van der Waals surface area contributed by atoms with Gasteiger partial charge in [-0.05, 0) is 48.9 Å². The number of amides is 1. The van der Waals surface area contributed by atoms with Crippen molar-refractivity contribution in [3.8, 4) is 11.5 Å². The zero-order valence-electron chi connectivity index (χ0n) is 14.1. The fraction of sp³-hybridized carbons (Fsp3) is 0.611. The van der Waals surface area contributed by atoms with Gasteiger partial charge >= 0.3 is 0 Å². The van der Waals surface area contributed by atoms with Crippen LogP contribution >= 0.6 is 0 Å². The Kier molecular flexibility index (Phi) is 4.76. The lowest BCUT2D eigenvalue weighted by Gasteiger charge is -2.39. The highest BCUT2D eigenvalue weighted by molar-refractivity contribution is 5.79. The molecular weight excluding hydrogens is 292 g/mol. The third kappa shape index (κ3) is 3.44. The van der Waals surface area contributed by atoms with E-state index in [0.717, 1.165) is 44.6 Å². The molecule has 23 heavy (non-hydrogen) atoms. The molecule has 0 bridgehead atoms. The van der Waals surface area contributed by atoms with E-state index in [0.29, 0.717) is 23.3 Å². The van der Waals surface area contributed by atoms with Crippen LogP contribution in [0.25, 0.3) is 0 Å². The van der Waals surface area contributed by atoms with Gasteiger partial charge in [0.25, 0.3) is 0 Å². The molecule has 1 aromatic rings. The monoisotopic (exact) mass is 318 g/mol. The Labute approximate surface area is 137 Å². The van der Waals surface area contributed by atoms with Crippen molar-refractivity contribution in [3.05, 3.63) is 23.8 Å². The molecule has 1 N–H and O–H groups in total. The van der Waals surface area contributed by atoms with Gasteiger partial charge in [0.1, 0.15) is 0 Å². The Morgan fingerprint density at radius 2 is 1.91 bits per heavy atom. The normalized spacial score (nSPS) is 19.8. The summed E-state index contributed by atoms with van der Waals surface area (Å²) in [5.74, 6) is 1.57. The van der Waals surface area contributed by atoms with E-state index in [9.17, 15) is 4.79 Å². The first-order valence-corrected chi connectivity index (χ1v) is 8.35. The molecule has 5 nitrogen and oxygen atoms in total. The van der Waals surface area contributed by atoms with Crippen LogP contribution in [-0.4, -0.2) is 51.2 Å². The molecule has 1 spiro atoms. The van der Waals surface area contributed by atoms with E-state index in [1.54, 1.807) is 14.2 Å². The van der Waals surface area contributed by atoms with Gasteiger partial charge in [0.05, 0.1) is 20.6 Å². The van der Waals surface area contributed by atoms with Crippen LogP contribution in [0.4, 0.5) is 0 Å². The van der Waals surface area contributed by atoms with Crippen molar-refractivity contribution < 1.29 is 14.3 Å². The summed E-state index contributed by atoms with van der Waals surface area (Å²) in [6.07, 6.45) is 3.92. The lowest BCUT2D eigenvalue weighted by Crippen LogP contribution is -2.44. The summed E-state index contributed by atoms with van der Waals surface area (Å²) in [4.78, 5) is 14.6. The van der Waals surface area contributed by atoms with Crippen molar-refractivity contribution in [2.24, 2.45) is 5.41 Å². The topological polar surface area (TPSA) is 50.8 Å². The number of likely N-dealkylation sites (tertiary alicyclic amines) is 1. The summed E-state index contributed by atoms with van der Waals surface area (Å²) < 4.78 is 10.6. The summed E-state index contributed by atoms with van der Waals surface area (Å²) >= 11 is 0. The number of rotatable bonds is 4. The van der Waals surface area contributed by atoms with E-state index in [-0.39, 0.29) is 5.91 Å². The quantitative estimate of drug-likeness (QED) is 0.920. The molecule has 126 valence electrons. The minimum Gasteiger partial charge on any atom is -0.493 e. The van der Waals surface area contributed by atoms with Crippen LogP contribution in [-0.2, 0) is 11.2 Å². The molecule has 0 saturated carbocycles. The molecule has 0 atom stereocenters. The molecule has 3 rings (SSSR count). The Morgan fingerprint density at radius 1 is 1.17 bits per heavy atom. The number of piperidine rings is 1. The van der Waals surface area contributed by atoms with Crippen LogP contribution in [0.1, 0.15) is 24.8 Å². The predicted molar refractivity (Wildman–Crippen MR) is 89.0 cm³/mol. The average molecular weight is 318 g/mol. The first kappa shape index (κ1) is 16.1. The van der Waals surface area contributed by atoms with E-state index < -0.39 is 0 Å². The summed E-state index contributed by atoms with van der Waals surface area (Å²) in [6, 6.07) is 5.69. The second-order valence-corrected chi connectivity index (χ2v) is 6.67. The average Bonchev–Trinajstić information content (AvgIpc) is 3.03. The Morgan fingerprint density at radius 3 is 2.52 bits per heavy atom. The Bertz CT molecular complexity index is 557. The fourth-order valence-corrected chi connectivity index (χ4v) is 3.73. The van der Waals surface area contributed by atoms with E-state index in [2.05, 4.69) is 5.32 Å². The molecule has 5 heteroatoms. The van der Waals surface area contributed by atoms with Crippen LogP contribution in [0.3, 0.4) is 0 Å².